The van der Waals surface area contributed by atoms with Gasteiger partial charge in [-0.1, -0.05) is 41.9 Å². The topological polar surface area (TPSA) is 122 Å². The first kappa shape index (κ1) is 27.4. The van der Waals surface area contributed by atoms with Gasteiger partial charge in [-0.15, -0.1) is 0 Å². The van der Waals surface area contributed by atoms with Gasteiger partial charge in [0.15, 0.2) is 6.10 Å². The van der Waals surface area contributed by atoms with Crippen LogP contribution in [0.5, 0.6) is 0 Å². The van der Waals surface area contributed by atoms with E-state index >= 15 is 0 Å². The Morgan fingerprint density at radius 1 is 1.17 bits per heavy atom. The fourth-order valence-corrected chi connectivity index (χ4v) is 4.30. The number of ether oxygens (including phenoxy) is 1. The number of alkyl halides is 3. The molecule has 2 aliphatic rings. The number of carboxylic acid groups (broad SMARTS) is 1. The van der Waals surface area contributed by atoms with E-state index in [2.05, 4.69) is 5.32 Å². The summed E-state index contributed by atoms with van der Waals surface area (Å²) in [6.07, 6.45) is -4.27. The minimum atomic E-state index is -5.08. The molecule has 0 radical (unpaired) electrons. The number of benzene rings is 2. The minimum absolute atomic E-state index is 0.141. The average Bonchev–Trinajstić information content (AvgIpc) is 3.50. The van der Waals surface area contributed by atoms with Crippen molar-refractivity contribution < 1.29 is 37.4 Å². The summed E-state index contributed by atoms with van der Waals surface area (Å²) in [5.74, 6) is -3.06. The summed E-state index contributed by atoms with van der Waals surface area (Å²) in [6, 6.07) is 12.7. The van der Waals surface area contributed by atoms with Gasteiger partial charge in [-0.3, -0.25) is 9.59 Å². The molecule has 36 heavy (non-hydrogen) atoms. The van der Waals surface area contributed by atoms with Crippen LogP contribution in [0.15, 0.2) is 42.5 Å². The van der Waals surface area contributed by atoms with E-state index in [4.69, 9.17) is 32.0 Å². The van der Waals surface area contributed by atoms with Gasteiger partial charge in [0.05, 0.1) is 6.61 Å². The molecule has 1 saturated heterocycles. The largest absolute Gasteiger partial charge is 0.490 e. The Balaban J connectivity index is 0.000000454. The molecule has 2 aromatic rings. The zero-order valence-electron chi connectivity index (χ0n) is 19.1. The van der Waals surface area contributed by atoms with Crippen molar-refractivity contribution >= 4 is 29.4 Å². The molecule has 0 aliphatic carbocycles. The fourth-order valence-electron chi connectivity index (χ4n) is 4.10. The van der Waals surface area contributed by atoms with Gasteiger partial charge in [0, 0.05) is 24.7 Å². The van der Waals surface area contributed by atoms with Crippen LogP contribution in [0.1, 0.15) is 41.2 Å². The van der Waals surface area contributed by atoms with Gasteiger partial charge < -0.3 is 25.8 Å². The van der Waals surface area contributed by atoms with Crippen LogP contribution < -0.4 is 11.1 Å². The SMILES string of the molecule is NCc1ccc(Cl)cc1CNC(=O)[C@@H]1CCCN1C(=O)C1OCc2ccccc21.O=C(O)C(F)(F)F. The third-order valence-electron chi connectivity index (χ3n) is 5.89. The molecule has 0 aromatic heterocycles. The predicted octanol–water partition coefficient (Wildman–Crippen LogP) is 3.31. The third kappa shape index (κ3) is 6.54. The van der Waals surface area contributed by atoms with Crippen molar-refractivity contribution in [3.05, 3.63) is 69.7 Å². The molecule has 2 aliphatic heterocycles. The molecule has 2 aromatic carbocycles. The second kappa shape index (κ2) is 11.7. The van der Waals surface area contributed by atoms with E-state index in [9.17, 15) is 22.8 Å². The van der Waals surface area contributed by atoms with Gasteiger partial charge in [0.1, 0.15) is 6.04 Å². The van der Waals surface area contributed by atoms with Crippen molar-refractivity contribution in [1.29, 1.82) is 0 Å². The average molecular weight is 528 g/mol. The van der Waals surface area contributed by atoms with Crippen molar-refractivity contribution in [3.63, 3.8) is 0 Å². The number of carbonyl (C=O) groups excluding carboxylic acids is 2. The van der Waals surface area contributed by atoms with Crippen molar-refractivity contribution in [2.75, 3.05) is 6.54 Å². The highest BCUT2D eigenvalue weighted by Gasteiger charge is 2.40. The van der Waals surface area contributed by atoms with E-state index in [1.807, 2.05) is 36.4 Å². The summed E-state index contributed by atoms with van der Waals surface area (Å²) in [4.78, 5) is 36.6. The lowest BCUT2D eigenvalue weighted by Gasteiger charge is -2.26. The van der Waals surface area contributed by atoms with Gasteiger partial charge >= 0.3 is 12.1 Å². The van der Waals surface area contributed by atoms with Crippen molar-refractivity contribution in [1.82, 2.24) is 10.2 Å². The number of carbonyl (C=O) groups is 3. The first-order chi connectivity index (χ1) is 17.0. The Labute approximate surface area is 210 Å². The van der Waals surface area contributed by atoms with Crippen LogP contribution in [-0.2, 0) is 38.8 Å². The van der Waals surface area contributed by atoms with Gasteiger partial charge in [0.2, 0.25) is 5.91 Å². The van der Waals surface area contributed by atoms with Gasteiger partial charge in [0.25, 0.3) is 5.91 Å². The molecule has 1 fully saturated rings. The maximum Gasteiger partial charge on any atom is 0.490 e. The van der Waals surface area contributed by atoms with E-state index in [1.54, 1.807) is 11.0 Å². The van der Waals surface area contributed by atoms with Crippen molar-refractivity contribution in [2.24, 2.45) is 5.73 Å². The van der Waals surface area contributed by atoms with Crippen LogP contribution in [0.2, 0.25) is 5.02 Å². The number of rotatable bonds is 5. The highest BCUT2D eigenvalue weighted by molar-refractivity contribution is 6.30. The number of aliphatic carboxylic acids is 1. The molecule has 4 N–H and O–H groups in total. The number of amides is 2. The third-order valence-corrected chi connectivity index (χ3v) is 6.12. The Bertz CT molecular complexity index is 1130. The second-order valence-corrected chi connectivity index (χ2v) is 8.65. The molecule has 0 saturated carbocycles. The number of nitrogens with one attached hydrogen (secondary N) is 1. The Kier molecular flexibility index (Phi) is 8.93. The number of hydrogen-bond acceptors (Lipinski definition) is 5. The van der Waals surface area contributed by atoms with Gasteiger partial charge in [-0.05, 0) is 47.2 Å². The second-order valence-electron chi connectivity index (χ2n) is 8.22. The first-order valence-corrected chi connectivity index (χ1v) is 11.5. The zero-order valence-corrected chi connectivity index (χ0v) is 19.8. The summed E-state index contributed by atoms with van der Waals surface area (Å²) in [5.41, 5.74) is 9.53. The minimum Gasteiger partial charge on any atom is -0.475 e. The van der Waals surface area contributed by atoms with Crippen LogP contribution in [0.4, 0.5) is 13.2 Å². The molecular weight excluding hydrogens is 503 g/mol. The van der Waals surface area contributed by atoms with Crippen LogP contribution in [-0.4, -0.2) is 46.6 Å². The molecule has 8 nitrogen and oxygen atoms in total. The summed E-state index contributed by atoms with van der Waals surface area (Å²) in [7, 11) is 0. The van der Waals surface area contributed by atoms with Crippen LogP contribution in [0.25, 0.3) is 0 Å². The van der Waals surface area contributed by atoms with E-state index in [-0.39, 0.29) is 11.8 Å². The van der Waals surface area contributed by atoms with Crippen LogP contribution in [0.3, 0.4) is 0 Å². The molecule has 12 heteroatoms. The highest BCUT2D eigenvalue weighted by Crippen LogP contribution is 2.34. The Hall–Kier alpha value is -3.15. The summed E-state index contributed by atoms with van der Waals surface area (Å²) < 4.78 is 37.5. The molecule has 2 amide bonds. The fraction of sp³-hybridized carbons (Fsp3) is 0.375. The highest BCUT2D eigenvalue weighted by atomic mass is 35.5. The standard InChI is InChI=1S/C22H24ClN3O3.C2HF3O2/c23-17-8-7-14(11-24)16(10-17)12-25-21(27)19-6-3-9-26(19)22(28)20-18-5-2-1-4-15(18)13-29-20;3-2(4,5)1(6)7/h1-2,4-5,7-8,10,19-20H,3,6,9,11-13,24H2,(H,25,27);(H,6,7)/t19-,20?;/m0./s1. The number of hydrogen-bond donors (Lipinski definition) is 3. The number of halogens is 4. The molecule has 2 atom stereocenters. The number of nitrogens with two attached hydrogens (primary N) is 1. The molecular formula is C24H25ClF3N3O5. The maximum atomic E-state index is 13.1. The molecule has 0 bridgehead atoms. The van der Waals surface area contributed by atoms with Crippen LogP contribution >= 0.6 is 11.6 Å². The summed E-state index contributed by atoms with van der Waals surface area (Å²) >= 11 is 6.07. The van der Waals surface area contributed by atoms with E-state index in [0.717, 1.165) is 28.7 Å². The number of carboxylic acids is 1. The van der Waals surface area contributed by atoms with Gasteiger partial charge in [-0.25, -0.2) is 4.79 Å². The monoisotopic (exact) mass is 527 g/mol. The smallest absolute Gasteiger partial charge is 0.475 e. The van der Waals surface area contributed by atoms with Gasteiger partial charge in [-0.2, -0.15) is 13.2 Å². The van der Waals surface area contributed by atoms with Crippen LogP contribution in [0, 0.1) is 0 Å². The van der Waals surface area contributed by atoms with Crippen molar-refractivity contribution in [3.8, 4) is 0 Å². The predicted molar refractivity (Wildman–Crippen MR) is 124 cm³/mol. The Morgan fingerprint density at radius 3 is 2.53 bits per heavy atom. The van der Waals surface area contributed by atoms with Crippen molar-refractivity contribution in [2.45, 2.75) is 50.9 Å². The number of fused-ring (bicyclic) bond motifs is 1. The number of nitrogens with zero attached hydrogens (tertiary/aromatic N) is 1. The molecule has 0 spiro atoms. The molecule has 4 rings (SSSR count). The summed E-state index contributed by atoms with van der Waals surface area (Å²) in [6.45, 7) is 1.68. The normalized spacial score (nSPS) is 18.8. The molecule has 2 heterocycles. The zero-order chi connectivity index (χ0) is 26.5. The lowest BCUT2D eigenvalue weighted by molar-refractivity contribution is -0.192. The first-order valence-electron chi connectivity index (χ1n) is 11.1. The van der Waals surface area contributed by atoms with E-state index in [1.165, 1.54) is 0 Å². The maximum absolute atomic E-state index is 13.1. The lowest BCUT2D eigenvalue weighted by Crippen LogP contribution is -2.47. The lowest BCUT2D eigenvalue weighted by atomic mass is 10.0. The van der Waals surface area contributed by atoms with E-state index < -0.39 is 24.3 Å². The Morgan fingerprint density at radius 2 is 1.86 bits per heavy atom. The van der Waals surface area contributed by atoms with E-state index in [0.29, 0.717) is 37.7 Å². The molecule has 1 unspecified atom stereocenters. The molecule has 194 valence electrons. The quantitative estimate of drug-likeness (QED) is 0.548. The summed E-state index contributed by atoms with van der Waals surface area (Å²) in [5, 5.41) is 10.7. The number of likely N-dealkylation sites (tertiary alicyclic amines) is 1.